The third kappa shape index (κ3) is 6.44. The van der Waals surface area contributed by atoms with Gasteiger partial charge in [-0.3, -0.25) is 0 Å². The second-order valence-electron chi connectivity index (χ2n) is 12.3. The molecule has 6 rings (SSSR count). The minimum Gasteiger partial charge on any atom is -0.493 e. The van der Waals surface area contributed by atoms with Crippen molar-refractivity contribution in [1.82, 2.24) is 0 Å². The average molecular weight is 683 g/mol. The fourth-order valence-electron chi connectivity index (χ4n) is 6.73. The molecule has 4 heterocycles. The molecule has 0 unspecified atom stereocenters. The molecule has 0 aliphatic carbocycles. The molecule has 2 aromatic carbocycles. The Morgan fingerprint density at radius 1 is 0.562 bits per heavy atom. The fraction of sp³-hybridized carbons (Fsp3) is 0.625. The molecule has 0 spiro atoms. The number of ether oxygens (including phenoxy) is 8. The zero-order valence-corrected chi connectivity index (χ0v) is 26.2. The average Bonchev–Trinajstić information content (AvgIpc) is 3.72. The molecule has 16 heteroatoms. The Kier molecular flexibility index (Phi) is 10.6. The molecule has 2 aromatic rings. The number of rotatable bonds is 10. The molecule has 14 atom stereocenters. The highest BCUT2D eigenvalue weighted by Crippen LogP contribution is 2.52. The lowest BCUT2D eigenvalue weighted by molar-refractivity contribution is -0.277. The summed E-state index contributed by atoms with van der Waals surface area (Å²) in [7, 11) is 2.90. The van der Waals surface area contributed by atoms with Gasteiger partial charge in [-0.05, 0) is 35.4 Å². The summed E-state index contributed by atoms with van der Waals surface area (Å²) in [5.74, 6) is 0.997. The Labute approximate surface area is 275 Å². The van der Waals surface area contributed by atoms with Crippen LogP contribution in [0.25, 0.3) is 0 Å². The van der Waals surface area contributed by atoms with Crippen molar-refractivity contribution in [1.29, 1.82) is 0 Å². The van der Waals surface area contributed by atoms with E-state index >= 15 is 0 Å². The lowest BCUT2D eigenvalue weighted by Gasteiger charge is -2.39. The van der Waals surface area contributed by atoms with Crippen molar-refractivity contribution in [2.45, 2.75) is 73.6 Å². The summed E-state index contributed by atoms with van der Waals surface area (Å²) >= 11 is 0. The van der Waals surface area contributed by atoms with Crippen molar-refractivity contribution in [2.75, 3.05) is 40.6 Å². The summed E-state index contributed by atoms with van der Waals surface area (Å²) in [5, 5.41) is 80.1. The lowest BCUT2D eigenvalue weighted by Crippen LogP contribution is -2.60. The predicted molar refractivity (Wildman–Crippen MR) is 159 cm³/mol. The Morgan fingerprint density at radius 3 is 1.31 bits per heavy atom. The molecule has 4 aliphatic heterocycles. The SMILES string of the molecule is COc1cc([C@@H]2OC[C@H]3[C@H]2CO[C@@H]3c2ccc(O[C@@H]3O[C@@H](CO)[C@@H](O)[C@@H](O)[C@H]3O)c(OC)c2)ccc1O[C@@H]1O[C@@H](CO)[C@H](O)[C@H](O)[C@H]1O. The summed E-state index contributed by atoms with van der Waals surface area (Å²) in [4.78, 5) is 0. The van der Waals surface area contributed by atoms with Crippen LogP contribution in [0.5, 0.6) is 23.0 Å². The van der Waals surface area contributed by atoms with Crippen LogP contribution in [-0.4, -0.2) is 143 Å². The van der Waals surface area contributed by atoms with Crippen LogP contribution in [0.1, 0.15) is 23.3 Å². The topological polar surface area (TPSA) is 236 Å². The molecule has 0 amide bonds. The second kappa shape index (κ2) is 14.6. The van der Waals surface area contributed by atoms with Gasteiger partial charge < -0.3 is 78.7 Å². The Hall–Kier alpha value is -2.84. The summed E-state index contributed by atoms with van der Waals surface area (Å²) in [5.41, 5.74) is 1.59. The second-order valence-corrected chi connectivity index (χ2v) is 12.3. The number of fused-ring (bicyclic) bond motifs is 1. The zero-order chi connectivity index (χ0) is 34.3. The van der Waals surface area contributed by atoms with Gasteiger partial charge in [-0.25, -0.2) is 0 Å². The number of methoxy groups -OCH3 is 2. The smallest absolute Gasteiger partial charge is 0.229 e. The number of benzene rings is 2. The summed E-state index contributed by atoms with van der Waals surface area (Å²) in [6.07, 6.45) is -15.0. The van der Waals surface area contributed by atoms with Gasteiger partial charge in [0.05, 0.1) is 52.9 Å². The molecule has 266 valence electrons. The maximum Gasteiger partial charge on any atom is 0.229 e. The first kappa shape index (κ1) is 35.0. The minimum atomic E-state index is -1.59. The van der Waals surface area contributed by atoms with Crippen LogP contribution in [0, 0.1) is 11.8 Å². The highest BCUT2D eigenvalue weighted by molar-refractivity contribution is 5.46. The largest absolute Gasteiger partial charge is 0.493 e. The van der Waals surface area contributed by atoms with Crippen molar-refractivity contribution in [2.24, 2.45) is 11.8 Å². The highest BCUT2D eigenvalue weighted by Gasteiger charge is 2.49. The number of hydrogen-bond donors (Lipinski definition) is 8. The van der Waals surface area contributed by atoms with Gasteiger partial charge in [0.25, 0.3) is 0 Å². The molecule has 0 bridgehead atoms. The first-order valence-corrected chi connectivity index (χ1v) is 15.6. The molecular weight excluding hydrogens is 640 g/mol. The van der Waals surface area contributed by atoms with E-state index in [2.05, 4.69) is 0 Å². The van der Waals surface area contributed by atoms with E-state index in [4.69, 9.17) is 37.9 Å². The first-order valence-electron chi connectivity index (χ1n) is 15.6. The fourth-order valence-corrected chi connectivity index (χ4v) is 6.73. The van der Waals surface area contributed by atoms with Gasteiger partial charge >= 0.3 is 0 Å². The van der Waals surface area contributed by atoms with E-state index in [0.717, 1.165) is 11.1 Å². The van der Waals surface area contributed by atoms with Gasteiger partial charge in [0, 0.05) is 11.8 Å². The standard InChI is InChI=1S/C32H42O16/c1-41-19-7-13(3-5-17(19)45-31-27(39)25(37)23(35)21(9-33)47-31)29-15-11-44-30(16(15)12-43-29)14-4-6-18(20(8-14)42-2)46-32-28(40)26(38)24(36)22(10-34)48-32/h3-8,15-16,21-40H,9-12H2,1-2H3/t15-,16+,21-,22-,23+,24-,25+,26-,27+,28+,29+,30-,31+,32+/m0/s1. The maximum atomic E-state index is 10.4. The van der Waals surface area contributed by atoms with Crippen LogP contribution in [0.2, 0.25) is 0 Å². The van der Waals surface area contributed by atoms with Crippen LogP contribution in [0.3, 0.4) is 0 Å². The summed E-state index contributed by atoms with van der Waals surface area (Å²) in [6, 6.07) is 10.3. The highest BCUT2D eigenvalue weighted by atomic mass is 16.7. The van der Waals surface area contributed by atoms with Gasteiger partial charge in [0.2, 0.25) is 12.6 Å². The Bertz CT molecular complexity index is 1290. The van der Waals surface area contributed by atoms with E-state index in [1.807, 2.05) is 0 Å². The first-order chi connectivity index (χ1) is 23.1. The van der Waals surface area contributed by atoms with Crippen LogP contribution in [-0.2, 0) is 18.9 Å². The molecule has 4 fully saturated rings. The van der Waals surface area contributed by atoms with Gasteiger partial charge in [0.15, 0.2) is 23.0 Å². The van der Waals surface area contributed by atoms with Crippen molar-refractivity contribution in [3.8, 4) is 23.0 Å². The number of hydrogen-bond acceptors (Lipinski definition) is 16. The van der Waals surface area contributed by atoms with E-state index in [9.17, 15) is 40.9 Å². The molecule has 8 N–H and O–H groups in total. The van der Waals surface area contributed by atoms with Crippen LogP contribution < -0.4 is 18.9 Å². The van der Waals surface area contributed by atoms with Crippen LogP contribution >= 0.6 is 0 Å². The van der Waals surface area contributed by atoms with Crippen molar-refractivity contribution in [3.63, 3.8) is 0 Å². The molecule has 0 radical (unpaired) electrons. The number of aliphatic hydroxyl groups excluding tert-OH is 8. The minimum absolute atomic E-state index is 0.0204. The maximum absolute atomic E-state index is 10.4. The van der Waals surface area contributed by atoms with E-state index in [-0.39, 0.29) is 35.5 Å². The van der Waals surface area contributed by atoms with E-state index in [1.165, 1.54) is 14.2 Å². The van der Waals surface area contributed by atoms with E-state index in [1.54, 1.807) is 36.4 Å². The molecular formula is C32H42O16. The number of aliphatic hydroxyl groups is 8. The van der Waals surface area contributed by atoms with Crippen LogP contribution in [0.15, 0.2) is 36.4 Å². The van der Waals surface area contributed by atoms with Crippen molar-refractivity contribution in [3.05, 3.63) is 47.5 Å². The molecule has 48 heavy (non-hydrogen) atoms. The molecule has 4 saturated heterocycles. The Morgan fingerprint density at radius 2 is 0.958 bits per heavy atom. The zero-order valence-electron chi connectivity index (χ0n) is 26.2. The van der Waals surface area contributed by atoms with Crippen molar-refractivity contribution >= 4 is 0 Å². The monoisotopic (exact) mass is 682 g/mol. The summed E-state index contributed by atoms with van der Waals surface area (Å²) in [6.45, 7) is -0.371. The Balaban J connectivity index is 1.14. The third-order valence-corrected chi connectivity index (χ3v) is 9.48. The van der Waals surface area contributed by atoms with Gasteiger partial charge in [-0.1, -0.05) is 12.1 Å². The normalized spacial score (nSPS) is 39.5. The van der Waals surface area contributed by atoms with E-state index < -0.39 is 74.6 Å². The van der Waals surface area contributed by atoms with E-state index in [0.29, 0.717) is 24.7 Å². The molecule has 0 saturated carbocycles. The third-order valence-electron chi connectivity index (χ3n) is 9.48. The summed E-state index contributed by atoms with van der Waals surface area (Å²) < 4.78 is 46.1. The van der Waals surface area contributed by atoms with Crippen molar-refractivity contribution < 1.29 is 78.7 Å². The van der Waals surface area contributed by atoms with Gasteiger partial charge in [-0.2, -0.15) is 0 Å². The predicted octanol–water partition coefficient (Wildman–Crippen LogP) is -1.86. The van der Waals surface area contributed by atoms with Gasteiger partial charge in [-0.15, -0.1) is 0 Å². The van der Waals surface area contributed by atoms with Gasteiger partial charge in [0.1, 0.15) is 48.8 Å². The quantitative estimate of drug-likeness (QED) is 0.137. The molecule has 0 aromatic heterocycles. The molecule has 16 nitrogen and oxygen atoms in total. The van der Waals surface area contributed by atoms with Crippen LogP contribution in [0.4, 0.5) is 0 Å². The lowest BCUT2D eigenvalue weighted by atomic mass is 9.85. The molecule has 4 aliphatic rings.